The Bertz CT molecular complexity index is 196. The van der Waals surface area contributed by atoms with Gasteiger partial charge in [-0.1, -0.05) is 13.8 Å². The standard InChI is InChI=1S/C10H18O2/c1-9(2)5-7(9)8-6-11-10(3,4)12-8/h7-8H,5-6H2,1-4H3. The molecule has 2 heteroatoms. The van der Waals surface area contributed by atoms with Gasteiger partial charge in [0.1, 0.15) is 0 Å². The Labute approximate surface area is 74.2 Å². The average molecular weight is 170 g/mol. The molecule has 12 heavy (non-hydrogen) atoms. The molecule has 0 N–H and O–H groups in total. The minimum atomic E-state index is -0.344. The smallest absolute Gasteiger partial charge is 0.163 e. The molecule has 0 aromatic heterocycles. The number of rotatable bonds is 1. The van der Waals surface area contributed by atoms with E-state index < -0.39 is 0 Å². The summed E-state index contributed by atoms with van der Waals surface area (Å²) in [6.45, 7) is 9.35. The normalized spacial score (nSPS) is 43.0. The molecule has 1 saturated heterocycles. The predicted octanol–water partition coefficient (Wildman–Crippen LogP) is 2.18. The molecule has 2 nitrogen and oxygen atoms in total. The van der Waals surface area contributed by atoms with E-state index in [2.05, 4.69) is 13.8 Å². The van der Waals surface area contributed by atoms with Crippen molar-refractivity contribution in [3.63, 3.8) is 0 Å². The summed E-state index contributed by atoms with van der Waals surface area (Å²) in [6.07, 6.45) is 1.63. The first kappa shape index (κ1) is 8.52. The zero-order valence-corrected chi connectivity index (χ0v) is 8.39. The summed E-state index contributed by atoms with van der Waals surface area (Å²) in [5, 5.41) is 0. The lowest BCUT2D eigenvalue weighted by Crippen LogP contribution is -2.23. The van der Waals surface area contributed by atoms with Crippen LogP contribution in [0.15, 0.2) is 0 Å². The van der Waals surface area contributed by atoms with Crippen LogP contribution in [0.2, 0.25) is 0 Å². The molecule has 1 saturated carbocycles. The van der Waals surface area contributed by atoms with Crippen molar-refractivity contribution in [2.24, 2.45) is 11.3 Å². The first-order valence-corrected chi connectivity index (χ1v) is 4.72. The third-order valence-corrected chi connectivity index (χ3v) is 3.07. The molecule has 2 unspecified atom stereocenters. The maximum atomic E-state index is 5.79. The molecule has 0 aromatic rings. The number of ether oxygens (including phenoxy) is 2. The first-order chi connectivity index (χ1) is 5.41. The fraction of sp³-hybridized carbons (Fsp3) is 1.00. The molecule has 0 bridgehead atoms. The highest BCUT2D eigenvalue weighted by molar-refractivity contribution is 5.01. The van der Waals surface area contributed by atoms with Crippen molar-refractivity contribution < 1.29 is 9.47 Å². The van der Waals surface area contributed by atoms with Gasteiger partial charge in [0.25, 0.3) is 0 Å². The molecule has 1 aliphatic heterocycles. The van der Waals surface area contributed by atoms with E-state index in [1.54, 1.807) is 0 Å². The van der Waals surface area contributed by atoms with E-state index in [4.69, 9.17) is 9.47 Å². The Morgan fingerprint density at radius 1 is 1.17 bits per heavy atom. The third kappa shape index (κ3) is 1.38. The van der Waals surface area contributed by atoms with Crippen molar-refractivity contribution in [3.05, 3.63) is 0 Å². The van der Waals surface area contributed by atoms with Crippen molar-refractivity contribution in [1.29, 1.82) is 0 Å². The molecule has 0 radical (unpaired) electrons. The Kier molecular flexibility index (Phi) is 1.59. The molecular weight excluding hydrogens is 152 g/mol. The lowest BCUT2D eigenvalue weighted by Gasteiger charge is -2.17. The maximum absolute atomic E-state index is 5.79. The van der Waals surface area contributed by atoms with Gasteiger partial charge in [-0.3, -0.25) is 0 Å². The van der Waals surface area contributed by atoms with Crippen LogP contribution in [0.3, 0.4) is 0 Å². The summed E-state index contributed by atoms with van der Waals surface area (Å²) in [5.74, 6) is 0.378. The topological polar surface area (TPSA) is 18.5 Å². The van der Waals surface area contributed by atoms with Crippen molar-refractivity contribution in [2.45, 2.75) is 46.0 Å². The molecule has 0 spiro atoms. The average Bonchev–Trinajstić information content (AvgIpc) is 2.35. The van der Waals surface area contributed by atoms with Gasteiger partial charge in [-0.25, -0.2) is 0 Å². The summed E-state index contributed by atoms with van der Waals surface area (Å²) >= 11 is 0. The Balaban J connectivity index is 1.94. The Morgan fingerprint density at radius 2 is 1.75 bits per heavy atom. The molecule has 1 aliphatic carbocycles. The molecule has 0 amide bonds. The van der Waals surface area contributed by atoms with Gasteiger partial charge < -0.3 is 9.47 Å². The molecule has 70 valence electrons. The molecule has 0 aromatic carbocycles. The van der Waals surface area contributed by atoms with E-state index in [1.165, 1.54) is 6.42 Å². The maximum Gasteiger partial charge on any atom is 0.163 e. The van der Waals surface area contributed by atoms with Crippen molar-refractivity contribution in [2.75, 3.05) is 6.61 Å². The Hall–Kier alpha value is -0.0800. The summed E-state index contributed by atoms with van der Waals surface area (Å²) in [6, 6.07) is 0. The monoisotopic (exact) mass is 170 g/mol. The molecule has 2 atom stereocenters. The minimum absolute atomic E-state index is 0.343. The van der Waals surface area contributed by atoms with Crippen LogP contribution in [-0.4, -0.2) is 18.5 Å². The van der Waals surface area contributed by atoms with Crippen LogP contribution in [0, 0.1) is 11.3 Å². The lowest BCUT2D eigenvalue weighted by atomic mass is 10.1. The van der Waals surface area contributed by atoms with Crippen LogP contribution in [0.5, 0.6) is 0 Å². The quantitative estimate of drug-likeness (QED) is 0.600. The number of hydrogen-bond donors (Lipinski definition) is 0. The Morgan fingerprint density at radius 3 is 2.08 bits per heavy atom. The predicted molar refractivity (Wildman–Crippen MR) is 46.8 cm³/mol. The highest BCUT2D eigenvalue weighted by Gasteiger charge is 2.54. The second kappa shape index (κ2) is 2.24. The second-order valence-corrected chi connectivity index (χ2v) is 5.17. The number of hydrogen-bond acceptors (Lipinski definition) is 2. The highest BCUT2D eigenvalue weighted by atomic mass is 16.7. The van der Waals surface area contributed by atoms with Crippen LogP contribution in [-0.2, 0) is 9.47 Å². The van der Waals surface area contributed by atoms with Gasteiger partial charge in [-0.15, -0.1) is 0 Å². The van der Waals surface area contributed by atoms with Crippen LogP contribution in [0.4, 0.5) is 0 Å². The third-order valence-electron chi connectivity index (χ3n) is 3.07. The van der Waals surface area contributed by atoms with Crippen LogP contribution < -0.4 is 0 Å². The SMILES string of the molecule is CC1(C)OCC(C2CC2(C)C)O1. The molecule has 2 fully saturated rings. The summed E-state index contributed by atoms with van der Waals surface area (Å²) in [7, 11) is 0. The van der Waals surface area contributed by atoms with Gasteiger partial charge in [-0.05, 0) is 31.6 Å². The molecular formula is C10H18O2. The van der Waals surface area contributed by atoms with Crippen LogP contribution in [0.25, 0.3) is 0 Å². The zero-order valence-electron chi connectivity index (χ0n) is 8.39. The van der Waals surface area contributed by atoms with Crippen molar-refractivity contribution in [3.8, 4) is 0 Å². The lowest BCUT2D eigenvalue weighted by molar-refractivity contribution is -0.141. The summed E-state index contributed by atoms with van der Waals surface area (Å²) in [5.41, 5.74) is 0.494. The molecule has 2 aliphatic rings. The van der Waals surface area contributed by atoms with Gasteiger partial charge in [0, 0.05) is 0 Å². The summed E-state index contributed by atoms with van der Waals surface area (Å²) in [4.78, 5) is 0. The van der Waals surface area contributed by atoms with Gasteiger partial charge in [0.05, 0.1) is 12.7 Å². The van der Waals surface area contributed by atoms with E-state index in [0.29, 0.717) is 11.5 Å². The highest BCUT2D eigenvalue weighted by Crippen LogP contribution is 2.55. The first-order valence-electron chi connectivity index (χ1n) is 4.72. The molecule has 1 heterocycles. The van der Waals surface area contributed by atoms with E-state index in [1.807, 2.05) is 13.8 Å². The van der Waals surface area contributed by atoms with E-state index >= 15 is 0 Å². The van der Waals surface area contributed by atoms with E-state index in [9.17, 15) is 0 Å². The zero-order chi connectivity index (χ0) is 8.98. The van der Waals surface area contributed by atoms with Gasteiger partial charge in [0.2, 0.25) is 0 Å². The van der Waals surface area contributed by atoms with Gasteiger partial charge in [-0.2, -0.15) is 0 Å². The minimum Gasteiger partial charge on any atom is -0.348 e. The van der Waals surface area contributed by atoms with Crippen LogP contribution in [0.1, 0.15) is 34.1 Å². The fourth-order valence-electron chi connectivity index (χ4n) is 2.06. The van der Waals surface area contributed by atoms with Gasteiger partial charge >= 0.3 is 0 Å². The summed E-state index contributed by atoms with van der Waals surface area (Å²) < 4.78 is 11.3. The largest absolute Gasteiger partial charge is 0.348 e. The fourth-order valence-corrected chi connectivity index (χ4v) is 2.06. The van der Waals surface area contributed by atoms with Gasteiger partial charge in [0.15, 0.2) is 5.79 Å². The molecule has 2 rings (SSSR count). The van der Waals surface area contributed by atoms with Crippen molar-refractivity contribution in [1.82, 2.24) is 0 Å². The van der Waals surface area contributed by atoms with E-state index in [0.717, 1.165) is 12.5 Å². The van der Waals surface area contributed by atoms with E-state index in [-0.39, 0.29) is 5.79 Å². The van der Waals surface area contributed by atoms with Crippen molar-refractivity contribution >= 4 is 0 Å². The van der Waals surface area contributed by atoms with Crippen LogP contribution >= 0.6 is 0 Å². The second-order valence-electron chi connectivity index (χ2n) is 5.17.